The number of ether oxygens (including phenoxy) is 1. The van der Waals surface area contributed by atoms with Gasteiger partial charge in [-0.25, -0.2) is 0 Å². The maximum atomic E-state index is 10.9. The van der Waals surface area contributed by atoms with E-state index in [1.165, 1.54) is 6.07 Å². The van der Waals surface area contributed by atoms with Crippen molar-refractivity contribution in [3.63, 3.8) is 0 Å². The number of aliphatic hydroxyl groups is 1. The molecule has 18 heavy (non-hydrogen) atoms. The molecular weight excluding hydrogens is 234 g/mol. The summed E-state index contributed by atoms with van der Waals surface area (Å²) in [6.45, 7) is 5.84. The van der Waals surface area contributed by atoms with Crippen LogP contribution in [0.1, 0.15) is 38.7 Å². The van der Waals surface area contributed by atoms with E-state index in [2.05, 4.69) is 0 Å². The van der Waals surface area contributed by atoms with Gasteiger partial charge in [0.1, 0.15) is 0 Å². The van der Waals surface area contributed by atoms with Crippen LogP contribution in [0.3, 0.4) is 0 Å². The van der Waals surface area contributed by atoms with Crippen LogP contribution in [0.4, 0.5) is 5.69 Å². The standard InChI is InChI=1S/C13H19NO4/c1-4-11(9(3)15)10-6-7-12(14(16)17)13(8-10)18-5-2/h6-9,11,15H,4-5H2,1-3H3. The zero-order chi connectivity index (χ0) is 13.7. The Bertz CT molecular complexity index is 417. The Kier molecular flexibility index (Phi) is 5.09. The van der Waals surface area contributed by atoms with Crippen LogP contribution in [0.2, 0.25) is 0 Å². The van der Waals surface area contributed by atoms with Crippen LogP contribution in [0.5, 0.6) is 5.75 Å². The number of hydrogen-bond donors (Lipinski definition) is 1. The van der Waals surface area contributed by atoms with Crippen molar-refractivity contribution in [2.45, 2.75) is 39.2 Å². The van der Waals surface area contributed by atoms with Crippen LogP contribution in [-0.4, -0.2) is 22.7 Å². The van der Waals surface area contributed by atoms with Gasteiger partial charge in [-0.05, 0) is 31.9 Å². The highest BCUT2D eigenvalue weighted by Crippen LogP contribution is 2.33. The van der Waals surface area contributed by atoms with Gasteiger partial charge in [0.15, 0.2) is 5.75 Å². The molecule has 100 valence electrons. The first-order chi connectivity index (χ1) is 8.51. The number of hydrogen-bond acceptors (Lipinski definition) is 4. The molecule has 1 N–H and O–H groups in total. The van der Waals surface area contributed by atoms with Crippen molar-refractivity contribution in [3.8, 4) is 5.75 Å². The van der Waals surface area contributed by atoms with Crippen LogP contribution < -0.4 is 4.74 Å². The summed E-state index contributed by atoms with van der Waals surface area (Å²) in [6, 6.07) is 4.77. The van der Waals surface area contributed by atoms with Gasteiger partial charge in [0.2, 0.25) is 0 Å². The van der Waals surface area contributed by atoms with Crippen LogP contribution >= 0.6 is 0 Å². The monoisotopic (exact) mass is 253 g/mol. The van der Waals surface area contributed by atoms with Crippen molar-refractivity contribution in [2.75, 3.05) is 6.61 Å². The normalized spacial score (nSPS) is 14.0. The summed E-state index contributed by atoms with van der Waals surface area (Å²) in [5, 5.41) is 20.5. The van der Waals surface area contributed by atoms with Gasteiger partial charge in [-0.2, -0.15) is 0 Å². The third kappa shape index (κ3) is 3.20. The second kappa shape index (κ2) is 6.35. The van der Waals surface area contributed by atoms with Crippen molar-refractivity contribution < 1.29 is 14.8 Å². The largest absolute Gasteiger partial charge is 0.487 e. The third-order valence-corrected chi connectivity index (χ3v) is 2.93. The Morgan fingerprint density at radius 3 is 2.56 bits per heavy atom. The highest BCUT2D eigenvalue weighted by atomic mass is 16.6. The second-order valence-electron chi connectivity index (χ2n) is 4.17. The molecule has 1 aromatic rings. The molecule has 0 amide bonds. The summed E-state index contributed by atoms with van der Waals surface area (Å²) in [5.41, 5.74) is 0.822. The topological polar surface area (TPSA) is 72.6 Å². The van der Waals surface area contributed by atoms with E-state index in [4.69, 9.17) is 4.74 Å². The minimum Gasteiger partial charge on any atom is -0.487 e. The van der Waals surface area contributed by atoms with E-state index in [0.717, 1.165) is 12.0 Å². The van der Waals surface area contributed by atoms with E-state index in [1.54, 1.807) is 26.0 Å². The van der Waals surface area contributed by atoms with E-state index >= 15 is 0 Å². The lowest BCUT2D eigenvalue weighted by molar-refractivity contribution is -0.385. The van der Waals surface area contributed by atoms with Gasteiger partial charge < -0.3 is 9.84 Å². The summed E-state index contributed by atoms with van der Waals surface area (Å²) < 4.78 is 5.29. The Morgan fingerprint density at radius 1 is 1.44 bits per heavy atom. The van der Waals surface area contributed by atoms with E-state index in [1.807, 2.05) is 6.92 Å². The Morgan fingerprint density at radius 2 is 2.11 bits per heavy atom. The van der Waals surface area contributed by atoms with Crippen molar-refractivity contribution in [1.82, 2.24) is 0 Å². The molecule has 0 heterocycles. The van der Waals surface area contributed by atoms with Crippen LogP contribution in [0.25, 0.3) is 0 Å². The third-order valence-electron chi connectivity index (χ3n) is 2.93. The molecule has 5 heteroatoms. The van der Waals surface area contributed by atoms with Gasteiger partial charge in [-0.1, -0.05) is 13.0 Å². The van der Waals surface area contributed by atoms with Crippen LogP contribution in [0.15, 0.2) is 18.2 Å². The number of nitrogens with zero attached hydrogens (tertiary/aromatic N) is 1. The molecule has 0 radical (unpaired) electrons. The number of nitro benzene ring substituents is 1. The molecular formula is C13H19NO4. The Labute approximate surface area is 107 Å². The lowest BCUT2D eigenvalue weighted by atomic mass is 9.91. The average molecular weight is 253 g/mol. The van der Waals surface area contributed by atoms with Gasteiger partial charge in [-0.3, -0.25) is 10.1 Å². The van der Waals surface area contributed by atoms with Crippen LogP contribution in [-0.2, 0) is 0 Å². The molecule has 2 unspecified atom stereocenters. The predicted octanol–water partition coefficient (Wildman–Crippen LogP) is 2.87. The van der Waals surface area contributed by atoms with Crippen molar-refractivity contribution >= 4 is 5.69 Å². The fourth-order valence-electron chi connectivity index (χ4n) is 2.04. The summed E-state index contributed by atoms with van der Waals surface area (Å²) in [7, 11) is 0. The first-order valence-corrected chi connectivity index (χ1v) is 6.10. The molecule has 0 aliphatic rings. The molecule has 2 atom stereocenters. The van der Waals surface area contributed by atoms with E-state index in [9.17, 15) is 15.2 Å². The molecule has 0 saturated carbocycles. The first kappa shape index (κ1) is 14.4. The van der Waals surface area contributed by atoms with E-state index in [0.29, 0.717) is 6.61 Å². The lowest BCUT2D eigenvalue weighted by Gasteiger charge is -2.19. The number of nitro groups is 1. The van der Waals surface area contributed by atoms with Crippen molar-refractivity contribution in [3.05, 3.63) is 33.9 Å². The minimum atomic E-state index is -0.495. The summed E-state index contributed by atoms with van der Waals surface area (Å²) in [6.07, 6.45) is 0.270. The quantitative estimate of drug-likeness (QED) is 0.625. The van der Waals surface area contributed by atoms with Crippen molar-refractivity contribution in [1.29, 1.82) is 0 Å². The molecule has 1 rings (SSSR count). The smallest absolute Gasteiger partial charge is 0.310 e. The molecule has 0 saturated heterocycles. The lowest BCUT2D eigenvalue weighted by Crippen LogP contribution is -2.14. The molecule has 0 spiro atoms. The van der Waals surface area contributed by atoms with Crippen molar-refractivity contribution in [2.24, 2.45) is 0 Å². The van der Waals surface area contributed by atoms with Gasteiger partial charge in [-0.15, -0.1) is 0 Å². The summed E-state index contributed by atoms with van der Waals surface area (Å²) in [4.78, 5) is 10.4. The summed E-state index contributed by atoms with van der Waals surface area (Å²) in [5.74, 6) is 0.226. The van der Waals surface area contributed by atoms with Gasteiger partial charge in [0.25, 0.3) is 0 Å². The second-order valence-corrected chi connectivity index (χ2v) is 4.17. The maximum Gasteiger partial charge on any atom is 0.310 e. The highest BCUT2D eigenvalue weighted by molar-refractivity contribution is 5.49. The Hall–Kier alpha value is -1.62. The van der Waals surface area contributed by atoms with Crippen LogP contribution in [0, 0.1) is 10.1 Å². The average Bonchev–Trinajstić information content (AvgIpc) is 2.29. The zero-order valence-electron chi connectivity index (χ0n) is 10.9. The fraction of sp³-hybridized carbons (Fsp3) is 0.538. The highest BCUT2D eigenvalue weighted by Gasteiger charge is 2.20. The van der Waals surface area contributed by atoms with Gasteiger partial charge in [0, 0.05) is 12.0 Å². The first-order valence-electron chi connectivity index (χ1n) is 6.10. The maximum absolute atomic E-state index is 10.9. The predicted molar refractivity (Wildman–Crippen MR) is 69.0 cm³/mol. The molecule has 0 aliphatic carbocycles. The fourth-order valence-corrected chi connectivity index (χ4v) is 2.04. The van der Waals surface area contributed by atoms with E-state index in [-0.39, 0.29) is 17.4 Å². The van der Waals surface area contributed by atoms with Gasteiger partial charge in [0.05, 0.1) is 17.6 Å². The molecule has 0 bridgehead atoms. The number of benzene rings is 1. The molecule has 0 aliphatic heterocycles. The SMILES string of the molecule is CCOc1cc(C(CC)C(C)O)ccc1[N+](=O)[O-]. The number of rotatable bonds is 6. The molecule has 0 fully saturated rings. The molecule has 0 aromatic heterocycles. The summed E-state index contributed by atoms with van der Waals surface area (Å²) >= 11 is 0. The Balaban J connectivity index is 3.17. The van der Waals surface area contributed by atoms with E-state index < -0.39 is 11.0 Å². The minimum absolute atomic E-state index is 0.0370. The van der Waals surface area contributed by atoms with Gasteiger partial charge >= 0.3 is 5.69 Å². The molecule has 5 nitrogen and oxygen atoms in total. The number of aliphatic hydroxyl groups excluding tert-OH is 1. The zero-order valence-corrected chi connectivity index (χ0v) is 10.9. The molecule has 1 aromatic carbocycles.